The summed E-state index contributed by atoms with van der Waals surface area (Å²) in [7, 11) is -3.93. The minimum atomic E-state index is -3.93. The molecule has 0 aliphatic rings. The number of nitrogens with two attached hydrogens (primary N) is 2. The van der Waals surface area contributed by atoms with E-state index < -0.39 is 21.9 Å². The third-order valence-corrected chi connectivity index (χ3v) is 3.75. The zero-order valence-electron chi connectivity index (χ0n) is 9.93. The van der Waals surface area contributed by atoms with Gasteiger partial charge >= 0.3 is 6.09 Å². The van der Waals surface area contributed by atoms with Gasteiger partial charge in [0, 0.05) is 18.7 Å². The van der Waals surface area contributed by atoms with Gasteiger partial charge in [0.15, 0.2) is 0 Å². The van der Waals surface area contributed by atoms with Gasteiger partial charge in [-0.2, -0.15) is 0 Å². The van der Waals surface area contributed by atoms with Crippen LogP contribution in [0, 0.1) is 5.82 Å². The number of hydrogen-bond donors (Lipinski definition) is 3. The molecule has 19 heavy (non-hydrogen) atoms. The number of carbonyl (C=O) groups is 1. The molecule has 1 rings (SSSR count). The summed E-state index contributed by atoms with van der Waals surface area (Å²) < 4.78 is 43.7. The number of halogens is 1. The standard InChI is InChI=1S/C10H14FN3O4S/c11-8-2-1-3-9(7(8)6-12)19(16,17)14-4-5-18-10(13)15/h1-3,14H,4-6,12H2,(H2,13,15). The first-order valence-corrected chi connectivity index (χ1v) is 6.76. The average molecular weight is 291 g/mol. The topological polar surface area (TPSA) is 125 Å². The Morgan fingerprint density at radius 3 is 2.68 bits per heavy atom. The van der Waals surface area contributed by atoms with Crippen LogP contribution in [0.2, 0.25) is 0 Å². The Kier molecular flexibility index (Phi) is 5.21. The summed E-state index contributed by atoms with van der Waals surface area (Å²) in [5.74, 6) is -0.696. The Balaban J connectivity index is 2.83. The summed E-state index contributed by atoms with van der Waals surface area (Å²) in [6.45, 7) is -0.645. The predicted molar refractivity (Wildman–Crippen MR) is 65.0 cm³/mol. The smallest absolute Gasteiger partial charge is 0.404 e. The van der Waals surface area contributed by atoms with Gasteiger partial charge in [0.05, 0.1) is 4.90 Å². The van der Waals surface area contributed by atoms with Crippen LogP contribution in [-0.2, 0) is 21.3 Å². The Morgan fingerprint density at radius 2 is 2.11 bits per heavy atom. The van der Waals surface area contributed by atoms with Crippen LogP contribution in [0.1, 0.15) is 5.56 Å². The fraction of sp³-hybridized carbons (Fsp3) is 0.300. The summed E-state index contributed by atoms with van der Waals surface area (Å²) in [4.78, 5) is 10.1. The minimum absolute atomic E-state index is 0.106. The van der Waals surface area contributed by atoms with Crippen molar-refractivity contribution in [2.75, 3.05) is 13.2 Å². The third kappa shape index (κ3) is 4.16. The van der Waals surface area contributed by atoms with Gasteiger partial charge in [-0.05, 0) is 12.1 Å². The number of rotatable bonds is 6. The maximum absolute atomic E-state index is 13.4. The predicted octanol–water partition coefficient (Wildman–Crippen LogP) is -0.342. The van der Waals surface area contributed by atoms with Gasteiger partial charge < -0.3 is 16.2 Å². The summed E-state index contributed by atoms with van der Waals surface area (Å²) in [6, 6.07) is 3.63. The van der Waals surface area contributed by atoms with E-state index in [-0.39, 0.29) is 30.2 Å². The summed E-state index contributed by atoms with van der Waals surface area (Å²) in [6.07, 6.45) is -1.01. The molecule has 7 nitrogen and oxygen atoms in total. The number of primary amides is 1. The molecule has 0 aliphatic carbocycles. The highest BCUT2D eigenvalue weighted by atomic mass is 32.2. The molecule has 5 N–H and O–H groups in total. The molecule has 0 saturated heterocycles. The number of ether oxygens (including phenoxy) is 1. The van der Waals surface area contributed by atoms with Gasteiger partial charge in [-0.1, -0.05) is 6.07 Å². The van der Waals surface area contributed by atoms with E-state index in [4.69, 9.17) is 11.5 Å². The highest BCUT2D eigenvalue weighted by Gasteiger charge is 2.19. The van der Waals surface area contributed by atoms with Crippen molar-refractivity contribution in [2.24, 2.45) is 11.5 Å². The van der Waals surface area contributed by atoms with Gasteiger partial charge in [0.1, 0.15) is 12.4 Å². The molecule has 0 aliphatic heterocycles. The Hall–Kier alpha value is -1.71. The lowest BCUT2D eigenvalue weighted by molar-refractivity contribution is 0.159. The quantitative estimate of drug-likeness (QED) is 0.618. The lowest BCUT2D eigenvalue weighted by Crippen LogP contribution is -2.30. The van der Waals surface area contributed by atoms with E-state index in [1.807, 2.05) is 0 Å². The normalized spacial score (nSPS) is 11.3. The molecular weight excluding hydrogens is 277 g/mol. The molecule has 0 heterocycles. The van der Waals surface area contributed by atoms with Crippen molar-refractivity contribution in [3.05, 3.63) is 29.6 Å². The summed E-state index contributed by atoms with van der Waals surface area (Å²) in [5.41, 5.74) is 9.93. The number of hydrogen-bond acceptors (Lipinski definition) is 5. The maximum atomic E-state index is 13.4. The first kappa shape index (κ1) is 15.3. The number of nitrogens with one attached hydrogen (secondary N) is 1. The first-order chi connectivity index (χ1) is 8.88. The van der Waals surface area contributed by atoms with E-state index in [0.717, 1.165) is 6.07 Å². The van der Waals surface area contributed by atoms with Crippen LogP contribution in [0.4, 0.5) is 9.18 Å². The second-order valence-electron chi connectivity index (χ2n) is 3.49. The zero-order chi connectivity index (χ0) is 14.5. The number of carbonyl (C=O) groups excluding carboxylic acids is 1. The third-order valence-electron chi connectivity index (χ3n) is 2.21. The van der Waals surface area contributed by atoms with E-state index in [1.165, 1.54) is 12.1 Å². The monoisotopic (exact) mass is 291 g/mol. The highest BCUT2D eigenvalue weighted by Crippen LogP contribution is 2.17. The Bertz CT molecular complexity index is 562. The average Bonchev–Trinajstić information content (AvgIpc) is 2.34. The molecule has 1 amide bonds. The van der Waals surface area contributed by atoms with Gasteiger partial charge in [0.2, 0.25) is 10.0 Å². The first-order valence-electron chi connectivity index (χ1n) is 5.28. The van der Waals surface area contributed by atoms with Crippen LogP contribution in [0.5, 0.6) is 0 Å². The van der Waals surface area contributed by atoms with Crippen molar-refractivity contribution in [3.63, 3.8) is 0 Å². The lowest BCUT2D eigenvalue weighted by Gasteiger charge is -2.11. The lowest BCUT2D eigenvalue weighted by atomic mass is 10.2. The molecule has 0 fully saturated rings. The second-order valence-corrected chi connectivity index (χ2v) is 5.22. The molecule has 1 aromatic rings. The fourth-order valence-corrected chi connectivity index (χ4v) is 2.66. The van der Waals surface area contributed by atoms with E-state index in [9.17, 15) is 17.6 Å². The van der Waals surface area contributed by atoms with Crippen LogP contribution >= 0.6 is 0 Å². The molecule has 0 unspecified atom stereocenters. The molecule has 1 aromatic carbocycles. The van der Waals surface area contributed by atoms with Crippen LogP contribution in [-0.4, -0.2) is 27.7 Å². The number of sulfonamides is 1. The van der Waals surface area contributed by atoms with Crippen LogP contribution < -0.4 is 16.2 Å². The van der Waals surface area contributed by atoms with E-state index >= 15 is 0 Å². The maximum Gasteiger partial charge on any atom is 0.404 e. The molecule has 0 atom stereocenters. The Labute approximate surface area is 109 Å². The van der Waals surface area contributed by atoms with Crippen LogP contribution in [0.15, 0.2) is 23.1 Å². The highest BCUT2D eigenvalue weighted by molar-refractivity contribution is 7.89. The molecule has 0 aromatic heterocycles. The van der Waals surface area contributed by atoms with E-state index in [0.29, 0.717) is 0 Å². The zero-order valence-corrected chi connectivity index (χ0v) is 10.7. The van der Waals surface area contributed by atoms with Gasteiger partial charge in [0.25, 0.3) is 0 Å². The number of amides is 1. The molecule has 0 radical (unpaired) electrons. The van der Waals surface area contributed by atoms with Crippen molar-refractivity contribution in [1.29, 1.82) is 0 Å². The number of benzene rings is 1. The van der Waals surface area contributed by atoms with Gasteiger partial charge in [-0.15, -0.1) is 0 Å². The Morgan fingerprint density at radius 1 is 1.42 bits per heavy atom. The minimum Gasteiger partial charge on any atom is -0.448 e. The SMILES string of the molecule is NCc1c(F)cccc1S(=O)(=O)NCCOC(N)=O. The molecule has 9 heteroatoms. The van der Waals surface area contributed by atoms with Crippen LogP contribution in [0.25, 0.3) is 0 Å². The molecule has 0 saturated carbocycles. The van der Waals surface area contributed by atoms with Crippen LogP contribution in [0.3, 0.4) is 0 Å². The van der Waals surface area contributed by atoms with E-state index in [1.54, 1.807) is 0 Å². The fourth-order valence-electron chi connectivity index (χ4n) is 1.39. The largest absolute Gasteiger partial charge is 0.448 e. The van der Waals surface area contributed by atoms with Crippen molar-refractivity contribution in [3.8, 4) is 0 Å². The molecule has 106 valence electrons. The molecule has 0 spiro atoms. The van der Waals surface area contributed by atoms with Crippen molar-refractivity contribution < 1.29 is 22.3 Å². The van der Waals surface area contributed by atoms with E-state index in [2.05, 4.69) is 9.46 Å². The van der Waals surface area contributed by atoms with Crippen molar-refractivity contribution in [2.45, 2.75) is 11.4 Å². The van der Waals surface area contributed by atoms with Gasteiger partial charge in [-0.25, -0.2) is 22.3 Å². The summed E-state index contributed by atoms with van der Waals surface area (Å²) >= 11 is 0. The second kappa shape index (κ2) is 6.45. The van der Waals surface area contributed by atoms with Gasteiger partial charge in [-0.3, -0.25) is 0 Å². The van der Waals surface area contributed by atoms with Crippen molar-refractivity contribution in [1.82, 2.24) is 4.72 Å². The molecular formula is C10H14FN3O4S. The summed E-state index contributed by atoms with van der Waals surface area (Å²) in [5, 5.41) is 0. The molecule has 0 bridgehead atoms. The van der Waals surface area contributed by atoms with Crippen molar-refractivity contribution >= 4 is 16.1 Å².